The topological polar surface area (TPSA) is 130 Å². The molecule has 0 spiro atoms. The number of aromatic nitrogens is 3. The van der Waals surface area contributed by atoms with Gasteiger partial charge in [-0.2, -0.15) is 4.39 Å². The molecule has 1 aliphatic rings. The highest BCUT2D eigenvalue weighted by Crippen LogP contribution is 2.27. The van der Waals surface area contributed by atoms with Gasteiger partial charge in [-0.1, -0.05) is 42.5 Å². The molecule has 1 unspecified atom stereocenters. The zero-order chi connectivity index (χ0) is 30.2. The van der Waals surface area contributed by atoms with Crippen molar-refractivity contribution in [3.05, 3.63) is 96.3 Å². The van der Waals surface area contributed by atoms with E-state index in [0.29, 0.717) is 25.9 Å². The lowest BCUT2D eigenvalue weighted by molar-refractivity contribution is -0.142. The summed E-state index contributed by atoms with van der Waals surface area (Å²) in [6.45, 7) is 1.02. The average Bonchev–Trinajstić information content (AvgIpc) is 3.05. The SMILES string of the molecule is COc1ccc(-c2ccc(C[C@H](NC(=O)C3CCCN(c4ncnc(NCc5ccccn5)c4F)C3)C(=O)O)cc2)cc1. The fourth-order valence-corrected chi connectivity index (χ4v) is 5.11. The van der Waals surface area contributed by atoms with Gasteiger partial charge in [0.2, 0.25) is 11.7 Å². The van der Waals surface area contributed by atoms with E-state index in [1.54, 1.807) is 24.3 Å². The van der Waals surface area contributed by atoms with Crippen molar-refractivity contribution in [2.24, 2.45) is 5.92 Å². The highest BCUT2D eigenvalue weighted by molar-refractivity contribution is 5.85. The number of carboxylic acids is 1. The molecule has 1 aliphatic heterocycles. The van der Waals surface area contributed by atoms with E-state index in [0.717, 1.165) is 28.1 Å². The van der Waals surface area contributed by atoms with Crippen molar-refractivity contribution in [3.63, 3.8) is 0 Å². The van der Waals surface area contributed by atoms with Gasteiger partial charge in [-0.05, 0) is 53.8 Å². The largest absolute Gasteiger partial charge is 0.497 e. The third-order valence-corrected chi connectivity index (χ3v) is 7.46. The van der Waals surface area contributed by atoms with Gasteiger partial charge in [0, 0.05) is 25.7 Å². The first-order valence-corrected chi connectivity index (χ1v) is 14.1. The van der Waals surface area contributed by atoms with E-state index < -0.39 is 23.7 Å². The molecule has 2 atom stereocenters. The van der Waals surface area contributed by atoms with Gasteiger partial charge in [0.05, 0.1) is 25.3 Å². The molecule has 10 nitrogen and oxygen atoms in total. The third-order valence-electron chi connectivity index (χ3n) is 7.46. The quantitative estimate of drug-likeness (QED) is 0.236. The minimum absolute atomic E-state index is 0.0474. The molecule has 0 bridgehead atoms. The number of carbonyl (C=O) groups is 2. The minimum atomic E-state index is -1.12. The number of aliphatic carboxylic acids is 1. The summed E-state index contributed by atoms with van der Waals surface area (Å²) in [5.41, 5.74) is 3.51. The summed E-state index contributed by atoms with van der Waals surface area (Å²) in [4.78, 5) is 39.4. The summed E-state index contributed by atoms with van der Waals surface area (Å²) in [7, 11) is 1.61. The highest BCUT2D eigenvalue weighted by Gasteiger charge is 2.31. The molecule has 0 saturated carbocycles. The summed E-state index contributed by atoms with van der Waals surface area (Å²) in [5, 5.41) is 15.5. The van der Waals surface area contributed by atoms with Crippen LogP contribution in [0, 0.1) is 11.7 Å². The first-order valence-electron chi connectivity index (χ1n) is 14.1. The number of nitrogens with zero attached hydrogens (tertiary/aromatic N) is 4. The zero-order valence-electron chi connectivity index (χ0n) is 23.7. The molecule has 0 aliphatic carbocycles. The third kappa shape index (κ3) is 7.42. The number of methoxy groups -OCH3 is 1. The molecule has 11 heteroatoms. The van der Waals surface area contributed by atoms with E-state index in [1.807, 2.05) is 60.7 Å². The first kappa shape index (κ1) is 29.4. The van der Waals surface area contributed by atoms with E-state index in [-0.39, 0.29) is 30.5 Å². The van der Waals surface area contributed by atoms with Crippen LogP contribution in [-0.2, 0) is 22.6 Å². The lowest BCUT2D eigenvalue weighted by atomic mass is 9.95. The number of piperidine rings is 1. The lowest BCUT2D eigenvalue weighted by Crippen LogP contribution is -2.49. The van der Waals surface area contributed by atoms with E-state index in [9.17, 15) is 14.7 Å². The highest BCUT2D eigenvalue weighted by atomic mass is 19.1. The van der Waals surface area contributed by atoms with E-state index >= 15 is 4.39 Å². The molecule has 222 valence electrons. The van der Waals surface area contributed by atoms with Crippen LogP contribution in [0.2, 0.25) is 0 Å². The van der Waals surface area contributed by atoms with Gasteiger partial charge in [0.1, 0.15) is 18.1 Å². The summed E-state index contributed by atoms with van der Waals surface area (Å²) < 4.78 is 20.6. The van der Waals surface area contributed by atoms with Crippen LogP contribution in [0.4, 0.5) is 16.0 Å². The molecule has 3 heterocycles. The second-order valence-corrected chi connectivity index (χ2v) is 10.3. The maximum absolute atomic E-state index is 15.4. The Morgan fingerprint density at radius 2 is 1.79 bits per heavy atom. The van der Waals surface area contributed by atoms with Crippen molar-refractivity contribution < 1.29 is 23.8 Å². The van der Waals surface area contributed by atoms with Gasteiger partial charge in [-0.15, -0.1) is 0 Å². The number of ether oxygens (including phenoxy) is 1. The molecule has 2 aromatic heterocycles. The number of hydrogen-bond acceptors (Lipinski definition) is 8. The molecule has 4 aromatic rings. The van der Waals surface area contributed by atoms with E-state index in [4.69, 9.17) is 4.74 Å². The second kappa shape index (κ2) is 13.7. The molecule has 0 radical (unpaired) electrons. The van der Waals surface area contributed by atoms with Gasteiger partial charge >= 0.3 is 5.97 Å². The fraction of sp³-hybridized carbons (Fsp3) is 0.281. The Morgan fingerprint density at radius 1 is 1.05 bits per heavy atom. The standard InChI is InChI=1S/C32H33FN6O4/c1-43-26-13-11-23(12-14-26)22-9-7-21(8-10-22)17-27(32(41)42)38-31(40)24-5-4-16-39(19-24)30-28(33)29(36-20-37-30)35-18-25-6-2-3-15-34-25/h2-3,6-15,20,24,27H,4-5,16-19H2,1H3,(H,38,40)(H,41,42)(H,35,36,37)/t24?,27-/m0/s1. The lowest BCUT2D eigenvalue weighted by Gasteiger charge is -2.33. The monoisotopic (exact) mass is 584 g/mol. The van der Waals surface area contributed by atoms with Crippen LogP contribution >= 0.6 is 0 Å². The van der Waals surface area contributed by atoms with Crippen LogP contribution in [0.1, 0.15) is 24.1 Å². The Morgan fingerprint density at radius 3 is 2.47 bits per heavy atom. The number of pyridine rings is 1. The Balaban J connectivity index is 1.20. The van der Waals surface area contributed by atoms with Crippen LogP contribution in [0.5, 0.6) is 5.75 Å². The average molecular weight is 585 g/mol. The Labute approximate surface area is 249 Å². The van der Waals surface area contributed by atoms with Crippen molar-refractivity contribution in [2.75, 3.05) is 30.4 Å². The Kier molecular flexibility index (Phi) is 9.40. The number of benzene rings is 2. The van der Waals surface area contributed by atoms with Crippen LogP contribution in [-0.4, -0.2) is 58.2 Å². The number of carboxylic acid groups (broad SMARTS) is 1. The smallest absolute Gasteiger partial charge is 0.326 e. The summed E-state index contributed by atoms with van der Waals surface area (Å²) in [5.74, 6) is -1.72. The van der Waals surface area contributed by atoms with Crippen LogP contribution in [0.25, 0.3) is 11.1 Å². The Bertz CT molecular complexity index is 1540. The van der Waals surface area contributed by atoms with Gasteiger partial charge in [0.25, 0.3) is 0 Å². The summed E-state index contributed by atoms with van der Waals surface area (Å²) in [6, 6.07) is 19.6. The van der Waals surface area contributed by atoms with Crippen molar-refractivity contribution in [2.45, 2.75) is 31.8 Å². The number of hydrogen-bond donors (Lipinski definition) is 3. The molecule has 1 amide bonds. The van der Waals surface area contributed by atoms with Gasteiger partial charge in [-0.25, -0.2) is 14.8 Å². The van der Waals surface area contributed by atoms with Crippen molar-refractivity contribution >= 4 is 23.5 Å². The molecule has 3 N–H and O–H groups in total. The minimum Gasteiger partial charge on any atom is -0.497 e. The second-order valence-electron chi connectivity index (χ2n) is 10.3. The molecule has 5 rings (SSSR count). The predicted octanol–water partition coefficient (Wildman–Crippen LogP) is 4.33. The molecule has 43 heavy (non-hydrogen) atoms. The number of anilines is 2. The zero-order valence-corrected chi connectivity index (χ0v) is 23.7. The van der Waals surface area contributed by atoms with Crippen LogP contribution in [0.15, 0.2) is 79.3 Å². The number of amides is 1. The van der Waals surface area contributed by atoms with Gasteiger partial charge in [-0.3, -0.25) is 9.78 Å². The fourth-order valence-electron chi connectivity index (χ4n) is 5.11. The molecule has 2 aromatic carbocycles. The van der Waals surface area contributed by atoms with Crippen LogP contribution < -0.4 is 20.3 Å². The number of carbonyl (C=O) groups excluding carboxylic acids is 1. The number of nitrogens with one attached hydrogen (secondary N) is 2. The summed E-state index contributed by atoms with van der Waals surface area (Å²) in [6.07, 6.45) is 4.26. The van der Waals surface area contributed by atoms with Gasteiger partial charge < -0.3 is 25.4 Å². The van der Waals surface area contributed by atoms with Crippen molar-refractivity contribution in [1.82, 2.24) is 20.3 Å². The predicted molar refractivity (Wildman–Crippen MR) is 160 cm³/mol. The van der Waals surface area contributed by atoms with E-state index in [2.05, 4.69) is 25.6 Å². The number of rotatable bonds is 11. The van der Waals surface area contributed by atoms with Crippen molar-refractivity contribution in [1.29, 1.82) is 0 Å². The van der Waals surface area contributed by atoms with Crippen LogP contribution in [0.3, 0.4) is 0 Å². The van der Waals surface area contributed by atoms with Crippen molar-refractivity contribution in [3.8, 4) is 16.9 Å². The molecule has 1 saturated heterocycles. The Hall–Kier alpha value is -5.06. The maximum atomic E-state index is 15.4. The van der Waals surface area contributed by atoms with Gasteiger partial charge in [0.15, 0.2) is 11.6 Å². The molecular weight excluding hydrogens is 551 g/mol. The van der Waals surface area contributed by atoms with E-state index in [1.165, 1.54) is 6.33 Å². The maximum Gasteiger partial charge on any atom is 0.326 e. The number of halogens is 1. The summed E-state index contributed by atoms with van der Waals surface area (Å²) >= 11 is 0. The molecule has 1 fully saturated rings. The normalized spacial score (nSPS) is 15.4. The first-order chi connectivity index (χ1) is 20.9. The molecular formula is C32H33FN6O4.